The van der Waals surface area contributed by atoms with Gasteiger partial charge < -0.3 is 21.9 Å². The number of rotatable bonds is 7. The zero-order valence-corrected chi connectivity index (χ0v) is 56.9. The van der Waals surface area contributed by atoms with E-state index in [0.717, 1.165) is 28.3 Å². The summed E-state index contributed by atoms with van der Waals surface area (Å²) in [5, 5.41) is 29.9. The second-order valence-electron chi connectivity index (χ2n) is 24.4. The minimum atomic E-state index is -0.805. The first-order chi connectivity index (χ1) is 40.6. The first kappa shape index (κ1) is 78.9. The number of fused-ring (bicyclic) bond motifs is 8. The summed E-state index contributed by atoms with van der Waals surface area (Å²) < 4.78 is 0. The molecule has 0 bridgehead atoms. The SMILES string of the molecule is C.C/C=C\C.C/C=C\C.CC(C)(O)C=Cc1ccc2cc(/C=C\C(C)(C)O)ccc2c1.CC(C)=O.CC1(C)C=Cc2ccc3c4c(ccc3c21)C=CC4(C)C.CC=Cc1ccc2cc(/C=C\C)ccc2c1.Cc1ccc2cc(C)ccc2c1.[CH2-]CCC.[Li+]. The number of carbonyl (C=O) groups excluding carboxylic acids is 1. The predicted octanol–water partition coefficient (Wildman–Crippen LogP) is 21.2. The normalized spacial score (nSPS) is 13.1. The third-order valence-corrected chi connectivity index (χ3v) is 13.9. The maximum Gasteiger partial charge on any atom is 1.00 e. The van der Waals surface area contributed by atoms with Crippen LogP contribution in [-0.2, 0) is 15.6 Å². The Kier molecular flexibility index (Phi) is 34.4. The molecule has 0 fully saturated rings. The van der Waals surface area contributed by atoms with E-state index >= 15 is 0 Å². The number of benzene rings is 8. The molecule has 462 valence electrons. The molecule has 0 heterocycles. The fraction of sp³-hybridized carbons (Fsp3) is 0.310. The molecule has 8 aromatic carbocycles. The van der Waals surface area contributed by atoms with E-state index in [1.165, 1.54) is 97.1 Å². The van der Waals surface area contributed by atoms with Gasteiger partial charge in [-0.05, 0) is 209 Å². The van der Waals surface area contributed by atoms with Crippen LogP contribution in [0.3, 0.4) is 0 Å². The van der Waals surface area contributed by atoms with Crippen LogP contribution in [0, 0.1) is 20.8 Å². The van der Waals surface area contributed by atoms with Gasteiger partial charge in [-0.15, -0.1) is 0 Å². The molecule has 4 heteroatoms. The Balaban J connectivity index is 0.000000544. The molecule has 0 spiro atoms. The van der Waals surface area contributed by atoms with Gasteiger partial charge in [0.05, 0.1) is 11.2 Å². The van der Waals surface area contributed by atoms with Crippen molar-refractivity contribution in [2.45, 2.75) is 174 Å². The van der Waals surface area contributed by atoms with Gasteiger partial charge in [0.25, 0.3) is 0 Å². The largest absolute Gasteiger partial charge is 1.00 e. The first-order valence-corrected chi connectivity index (χ1v) is 30.6. The van der Waals surface area contributed by atoms with E-state index in [1.54, 1.807) is 39.8 Å². The van der Waals surface area contributed by atoms with Crippen molar-refractivity contribution in [3.8, 4) is 0 Å². The van der Waals surface area contributed by atoms with Crippen molar-refractivity contribution in [1.82, 2.24) is 0 Å². The standard InChI is InChI=1S/C20H24O2.C20H20.C16H16.C12H12.C4H9.2C4H8.C3H6O.CH4.Li/c1-19(2,21)11-9-15-5-7-18-14-16(6-8-17(18)13-15)10-12-20(3,4)22;1-19(2)11-9-13-5-8-16-15(17(13)19)7-6-14-10-12-20(3,4)18(14)16;1-3-5-13-7-9-16-12-14(6-4-2)8-10-15(16)11-13;1-9-3-5-12-8-10(2)4-6-11(12)7-9;3*1-3-4-2;1-3(2)4;;/h5-14,21-22H,1-4H3;5-12H,1-4H3;3-12H,1-2H3;3-8H,1-2H3;1,3-4H2,2H3;2*3-4H,1-2H3;1-2H3;1H4;/q;;;;-1;;;;;+1/b11-9-,12-10?;;5-3-,6-4?;;;2*4-3-;;;. The van der Waals surface area contributed by atoms with Gasteiger partial charge in [0.1, 0.15) is 5.78 Å². The molecular weight excluding hydrogens is 1060 g/mol. The fourth-order valence-electron chi connectivity index (χ4n) is 9.37. The number of Topliss-reactive ketones (excluding diaryl/α,β-unsaturated/α-hetero) is 1. The number of carbonyl (C=O) groups is 1. The fourth-order valence-corrected chi connectivity index (χ4v) is 9.37. The number of aryl methyl sites for hydroxylation is 2. The van der Waals surface area contributed by atoms with E-state index in [0.29, 0.717) is 0 Å². The minimum Gasteiger partial charge on any atom is -0.386 e. The van der Waals surface area contributed by atoms with Crippen LogP contribution in [0.15, 0.2) is 194 Å². The zero-order valence-electron chi connectivity index (χ0n) is 56.9. The van der Waals surface area contributed by atoms with Gasteiger partial charge >= 0.3 is 18.9 Å². The molecule has 2 N–H and O–H groups in total. The van der Waals surface area contributed by atoms with Crippen molar-refractivity contribution in [2.75, 3.05) is 0 Å². The Morgan fingerprint density at radius 1 is 0.455 bits per heavy atom. The van der Waals surface area contributed by atoms with Gasteiger partial charge in [-0.3, -0.25) is 0 Å². The third kappa shape index (κ3) is 26.7. The molecular formula is C84H107LiO3. The summed E-state index contributed by atoms with van der Waals surface area (Å²) in [6.07, 6.45) is 35.3. The van der Waals surface area contributed by atoms with Crippen LogP contribution < -0.4 is 18.9 Å². The van der Waals surface area contributed by atoms with Gasteiger partial charge in [-0.1, -0.05) is 266 Å². The van der Waals surface area contributed by atoms with E-state index < -0.39 is 11.2 Å². The van der Waals surface area contributed by atoms with Crippen molar-refractivity contribution in [3.63, 3.8) is 0 Å². The second-order valence-corrected chi connectivity index (χ2v) is 24.4. The average Bonchev–Trinajstić information content (AvgIpc) is 1.54. The number of ketones is 1. The summed E-state index contributed by atoms with van der Waals surface area (Å²) in [5.74, 6) is 0.167. The van der Waals surface area contributed by atoms with Crippen LogP contribution in [0.2, 0.25) is 0 Å². The topological polar surface area (TPSA) is 57.5 Å². The van der Waals surface area contributed by atoms with Crippen LogP contribution in [0.25, 0.3) is 79.5 Å². The van der Waals surface area contributed by atoms with Crippen molar-refractivity contribution >= 4 is 85.3 Å². The van der Waals surface area contributed by atoms with Crippen LogP contribution in [0.4, 0.5) is 0 Å². The van der Waals surface area contributed by atoms with Crippen molar-refractivity contribution in [1.29, 1.82) is 0 Å². The maximum atomic E-state index is 9.74. The molecule has 0 unspecified atom stereocenters. The third-order valence-electron chi connectivity index (χ3n) is 13.9. The summed E-state index contributed by atoms with van der Waals surface area (Å²) in [4.78, 5) is 9.44. The van der Waals surface area contributed by atoms with Crippen LogP contribution in [-0.4, -0.2) is 27.2 Å². The molecule has 0 amide bonds. The first-order valence-electron chi connectivity index (χ1n) is 30.6. The van der Waals surface area contributed by atoms with Gasteiger partial charge in [0, 0.05) is 10.8 Å². The quantitative estimate of drug-likeness (QED) is 0.0950. The Morgan fingerprint density at radius 2 is 0.716 bits per heavy atom. The Bertz CT molecular complexity index is 3450. The summed E-state index contributed by atoms with van der Waals surface area (Å²) in [6.45, 7) is 41.4. The van der Waals surface area contributed by atoms with Crippen LogP contribution in [0.5, 0.6) is 0 Å². The monoisotopic (exact) mass is 1170 g/mol. The maximum absolute atomic E-state index is 9.74. The number of hydrogen-bond acceptors (Lipinski definition) is 3. The van der Waals surface area contributed by atoms with E-state index in [2.05, 4.69) is 225 Å². The van der Waals surface area contributed by atoms with Crippen molar-refractivity contribution in [2.24, 2.45) is 0 Å². The average molecular weight is 1170 g/mol. The molecule has 0 atom stereocenters. The van der Waals surface area contributed by atoms with E-state index in [9.17, 15) is 15.0 Å². The number of hydrogen-bond donors (Lipinski definition) is 2. The Hall–Kier alpha value is -7.09. The van der Waals surface area contributed by atoms with Gasteiger partial charge in [0.2, 0.25) is 0 Å². The van der Waals surface area contributed by atoms with E-state index in [4.69, 9.17) is 0 Å². The smallest absolute Gasteiger partial charge is 0.386 e. The van der Waals surface area contributed by atoms with Crippen molar-refractivity contribution in [3.05, 3.63) is 257 Å². The number of unbranched alkanes of at least 4 members (excludes halogenated alkanes) is 1. The number of allylic oxidation sites excluding steroid dienone is 8. The minimum absolute atomic E-state index is 0. The van der Waals surface area contributed by atoms with Gasteiger partial charge in [-0.25, -0.2) is 0 Å². The number of aliphatic hydroxyl groups is 2. The molecule has 8 aromatic rings. The Labute approximate surface area is 546 Å². The molecule has 2 aliphatic rings. The van der Waals surface area contributed by atoms with Gasteiger partial charge in [-0.2, -0.15) is 6.42 Å². The predicted molar refractivity (Wildman–Crippen MR) is 394 cm³/mol. The molecule has 0 saturated carbocycles. The second kappa shape index (κ2) is 38.3. The van der Waals surface area contributed by atoms with E-state index in [-0.39, 0.29) is 42.9 Å². The van der Waals surface area contributed by atoms with E-state index in [1.807, 2.05) is 90.1 Å². The molecule has 10 rings (SSSR count). The summed E-state index contributed by atoms with van der Waals surface area (Å²) >= 11 is 0. The summed E-state index contributed by atoms with van der Waals surface area (Å²) in [7, 11) is 0. The molecule has 0 saturated heterocycles. The molecule has 2 aliphatic carbocycles. The van der Waals surface area contributed by atoms with Crippen LogP contribution in [0.1, 0.15) is 194 Å². The molecule has 3 nitrogen and oxygen atoms in total. The summed E-state index contributed by atoms with van der Waals surface area (Å²) in [5.41, 5.74) is 11.7. The molecule has 0 aromatic heterocycles. The molecule has 0 aliphatic heterocycles. The zero-order chi connectivity index (χ0) is 64.3. The van der Waals surface area contributed by atoms with Crippen molar-refractivity contribution < 1.29 is 33.9 Å². The molecule has 88 heavy (non-hydrogen) atoms. The van der Waals surface area contributed by atoms with Crippen LogP contribution >= 0.6 is 0 Å². The molecule has 0 radical (unpaired) electrons. The van der Waals surface area contributed by atoms with Gasteiger partial charge in [0.15, 0.2) is 0 Å². The summed E-state index contributed by atoms with van der Waals surface area (Å²) in [6, 6.07) is 47.8. The Morgan fingerprint density at radius 3 is 0.966 bits per heavy atom.